The fourth-order valence-corrected chi connectivity index (χ4v) is 3.55. The topological polar surface area (TPSA) is 96.5 Å². The summed E-state index contributed by atoms with van der Waals surface area (Å²) in [6, 6.07) is 17.5. The molecule has 0 aliphatic rings. The Labute approximate surface area is 207 Å². The fourth-order valence-electron chi connectivity index (χ4n) is 3.55. The Morgan fingerprint density at radius 2 is 0.973 bits per heavy atom. The highest BCUT2D eigenvalue weighted by Gasteiger charge is 2.35. The van der Waals surface area contributed by atoms with Gasteiger partial charge in [0, 0.05) is 16.9 Å². The van der Waals surface area contributed by atoms with Gasteiger partial charge in [0.1, 0.15) is 11.5 Å². The minimum Gasteiger partial charge on any atom is -0.453 e. The molecule has 0 unspecified atom stereocenters. The van der Waals surface area contributed by atoms with Gasteiger partial charge in [-0.3, -0.25) is 0 Å². The van der Waals surface area contributed by atoms with E-state index in [2.05, 4.69) is 0 Å². The van der Waals surface area contributed by atoms with Crippen LogP contribution in [0.2, 0.25) is 0 Å². The molecule has 0 aromatic heterocycles. The van der Waals surface area contributed by atoms with E-state index < -0.39 is 34.9 Å². The molecular formula is C26H19F6N3O2. The molecule has 0 saturated carbocycles. The molecule has 4 rings (SSSR count). The molecule has 0 amide bonds. The Morgan fingerprint density at radius 3 is 1.46 bits per heavy atom. The normalized spacial score (nSPS) is 11.8. The van der Waals surface area contributed by atoms with E-state index in [4.69, 9.17) is 26.7 Å². The van der Waals surface area contributed by atoms with Crippen molar-refractivity contribution in [3.8, 4) is 34.1 Å². The minimum atomic E-state index is -4.75. The number of nitrogen functional groups attached to an aromatic ring is 3. The lowest BCUT2D eigenvalue weighted by atomic mass is 10.0. The van der Waals surface area contributed by atoms with Crippen molar-refractivity contribution in [2.75, 3.05) is 17.2 Å². The molecule has 11 heteroatoms. The first-order valence-electron chi connectivity index (χ1n) is 10.6. The maximum Gasteiger partial charge on any atom is 0.418 e. The predicted octanol–water partition coefficient (Wildman–Crippen LogP) is 7.72. The van der Waals surface area contributed by atoms with Gasteiger partial charge in [0.15, 0.2) is 11.5 Å². The zero-order chi connectivity index (χ0) is 27.0. The Bertz CT molecular complexity index is 1440. The number of halogens is 6. The van der Waals surface area contributed by atoms with Crippen LogP contribution in [0.1, 0.15) is 11.1 Å². The van der Waals surface area contributed by atoms with Crippen molar-refractivity contribution in [2.24, 2.45) is 0 Å². The lowest BCUT2D eigenvalue weighted by molar-refractivity contribution is -0.137. The third-order valence-electron chi connectivity index (χ3n) is 5.33. The van der Waals surface area contributed by atoms with Crippen molar-refractivity contribution in [3.63, 3.8) is 0 Å². The van der Waals surface area contributed by atoms with Gasteiger partial charge in [-0.15, -0.1) is 0 Å². The maximum absolute atomic E-state index is 13.4. The van der Waals surface area contributed by atoms with Crippen molar-refractivity contribution in [3.05, 3.63) is 90.0 Å². The van der Waals surface area contributed by atoms with Gasteiger partial charge >= 0.3 is 12.4 Å². The number of alkyl halides is 6. The Hall–Kier alpha value is -4.54. The van der Waals surface area contributed by atoms with E-state index in [9.17, 15) is 26.3 Å². The quantitative estimate of drug-likeness (QED) is 0.185. The summed E-state index contributed by atoms with van der Waals surface area (Å²) in [5.41, 5.74) is 14.7. The van der Waals surface area contributed by atoms with E-state index in [0.717, 1.165) is 12.1 Å². The molecule has 0 aliphatic heterocycles. The zero-order valence-electron chi connectivity index (χ0n) is 18.8. The van der Waals surface area contributed by atoms with Crippen LogP contribution in [-0.2, 0) is 12.4 Å². The number of benzene rings is 4. The minimum absolute atomic E-state index is 0.0356. The molecule has 4 aromatic rings. The van der Waals surface area contributed by atoms with Crippen molar-refractivity contribution < 1.29 is 35.8 Å². The van der Waals surface area contributed by atoms with Crippen LogP contribution in [0.5, 0.6) is 23.0 Å². The lowest BCUT2D eigenvalue weighted by Crippen LogP contribution is -2.09. The average Bonchev–Trinajstić information content (AvgIpc) is 2.82. The molecule has 0 atom stereocenters. The van der Waals surface area contributed by atoms with E-state index >= 15 is 0 Å². The summed E-state index contributed by atoms with van der Waals surface area (Å²) >= 11 is 0. The number of hydrogen-bond donors (Lipinski definition) is 3. The van der Waals surface area contributed by atoms with Gasteiger partial charge in [0.25, 0.3) is 0 Å². The van der Waals surface area contributed by atoms with Crippen LogP contribution in [0, 0.1) is 0 Å². The maximum atomic E-state index is 13.4. The van der Waals surface area contributed by atoms with Crippen LogP contribution in [0.15, 0.2) is 78.9 Å². The van der Waals surface area contributed by atoms with Crippen molar-refractivity contribution in [2.45, 2.75) is 12.4 Å². The summed E-state index contributed by atoms with van der Waals surface area (Å²) in [6.07, 6.45) is -9.50. The highest BCUT2D eigenvalue weighted by Crippen LogP contribution is 2.48. The molecule has 5 nitrogen and oxygen atoms in total. The number of rotatable bonds is 5. The second-order valence-corrected chi connectivity index (χ2v) is 7.92. The van der Waals surface area contributed by atoms with Crippen LogP contribution in [0.4, 0.5) is 43.4 Å². The van der Waals surface area contributed by atoms with Crippen molar-refractivity contribution >= 4 is 17.1 Å². The van der Waals surface area contributed by atoms with Gasteiger partial charge in [-0.2, -0.15) is 26.3 Å². The highest BCUT2D eigenvalue weighted by atomic mass is 19.4. The van der Waals surface area contributed by atoms with Crippen LogP contribution in [0.3, 0.4) is 0 Å². The molecule has 0 fully saturated rings. The van der Waals surface area contributed by atoms with Crippen LogP contribution >= 0.6 is 0 Å². The van der Waals surface area contributed by atoms with E-state index in [0.29, 0.717) is 23.3 Å². The summed E-state index contributed by atoms with van der Waals surface area (Å²) in [5, 5.41) is 0. The Kier molecular flexibility index (Phi) is 6.55. The molecule has 0 aliphatic carbocycles. The first-order valence-corrected chi connectivity index (χ1v) is 10.6. The molecule has 192 valence electrons. The van der Waals surface area contributed by atoms with Gasteiger partial charge in [0.05, 0.1) is 16.8 Å². The SMILES string of the molecule is Nc1ccc(Oc2c(N)ccc(-c3ccccc3)c2Oc2ccc(N)c(C(F)(F)F)c2)cc1C(F)(F)F. The third kappa shape index (κ3) is 5.50. The standard InChI is InChI=1S/C26H19F6N3O2/c27-25(28,29)18-12-15(6-9-20(18)33)36-23-17(14-4-2-1-3-5-14)8-11-22(35)24(23)37-16-7-10-21(34)19(13-16)26(30,31)32/h1-13H,33-35H2. The smallest absolute Gasteiger partial charge is 0.418 e. The fraction of sp³-hybridized carbons (Fsp3) is 0.0769. The second-order valence-electron chi connectivity index (χ2n) is 7.92. The van der Waals surface area contributed by atoms with E-state index in [1.165, 1.54) is 18.2 Å². The van der Waals surface area contributed by atoms with E-state index in [-0.39, 0.29) is 28.7 Å². The highest BCUT2D eigenvalue weighted by molar-refractivity contribution is 5.80. The van der Waals surface area contributed by atoms with Crippen molar-refractivity contribution in [1.82, 2.24) is 0 Å². The van der Waals surface area contributed by atoms with Crippen LogP contribution < -0.4 is 26.7 Å². The predicted molar refractivity (Wildman–Crippen MR) is 128 cm³/mol. The monoisotopic (exact) mass is 519 g/mol. The molecule has 0 spiro atoms. The van der Waals surface area contributed by atoms with Crippen LogP contribution in [-0.4, -0.2) is 0 Å². The summed E-state index contributed by atoms with van der Waals surface area (Å²) in [5.74, 6) is -0.835. The van der Waals surface area contributed by atoms with Gasteiger partial charge in [-0.05, 0) is 54.1 Å². The summed E-state index contributed by atoms with van der Waals surface area (Å²) in [6.45, 7) is 0. The second kappa shape index (κ2) is 9.49. The summed E-state index contributed by atoms with van der Waals surface area (Å²) in [4.78, 5) is 0. The number of anilines is 3. The van der Waals surface area contributed by atoms with Gasteiger partial charge < -0.3 is 26.7 Å². The van der Waals surface area contributed by atoms with Crippen LogP contribution in [0.25, 0.3) is 11.1 Å². The first-order chi connectivity index (χ1) is 17.3. The first kappa shape index (κ1) is 25.5. The molecule has 0 radical (unpaired) electrons. The summed E-state index contributed by atoms with van der Waals surface area (Å²) < 4.78 is 92.0. The number of ether oxygens (including phenoxy) is 2. The molecule has 0 heterocycles. The largest absolute Gasteiger partial charge is 0.453 e. The van der Waals surface area contributed by atoms with Gasteiger partial charge in [-0.1, -0.05) is 30.3 Å². The average molecular weight is 519 g/mol. The number of nitrogens with two attached hydrogens (primary N) is 3. The van der Waals surface area contributed by atoms with Gasteiger partial charge in [0.2, 0.25) is 0 Å². The zero-order valence-corrected chi connectivity index (χ0v) is 18.8. The third-order valence-corrected chi connectivity index (χ3v) is 5.33. The number of hydrogen-bond acceptors (Lipinski definition) is 5. The van der Waals surface area contributed by atoms with E-state index in [1.807, 2.05) is 0 Å². The van der Waals surface area contributed by atoms with Crippen molar-refractivity contribution in [1.29, 1.82) is 0 Å². The van der Waals surface area contributed by atoms with Gasteiger partial charge in [-0.25, -0.2) is 0 Å². The lowest BCUT2D eigenvalue weighted by Gasteiger charge is -2.20. The Morgan fingerprint density at radius 1 is 0.514 bits per heavy atom. The molecule has 0 saturated heterocycles. The van der Waals surface area contributed by atoms with E-state index in [1.54, 1.807) is 36.4 Å². The summed E-state index contributed by atoms with van der Waals surface area (Å²) in [7, 11) is 0. The Balaban J connectivity index is 1.87. The molecule has 6 N–H and O–H groups in total. The molecule has 4 aromatic carbocycles. The molecule has 37 heavy (non-hydrogen) atoms. The molecule has 0 bridgehead atoms. The molecular weight excluding hydrogens is 500 g/mol.